The van der Waals surface area contributed by atoms with Gasteiger partial charge in [-0.3, -0.25) is 43.5 Å². The fourth-order valence-corrected chi connectivity index (χ4v) is 7.41. The molecule has 2 fully saturated rings. The molecule has 2 aliphatic rings. The van der Waals surface area contributed by atoms with Crippen LogP contribution in [0.25, 0.3) is 0 Å². The molecule has 2 saturated heterocycles. The predicted octanol–water partition coefficient (Wildman–Crippen LogP) is 1.27. The fraction of sp³-hybridized carbons (Fsp3) is 0.342. The third-order valence-electron chi connectivity index (χ3n) is 9.46. The number of nitrogens with one attached hydrogen (secondary N) is 3. The largest absolute Gasteiger partial charge is 0.480 e. The van der Waals surface area contributed by atoms with E-state index < -0.39 is 92.1 Å². The van der Waals surface area contributed by atoms with E-state index in [9.17, 15) is 54.0 Å². The number of piperidine rings is 1. The number of hydrogen-bond acceptors (Lipinski definition) is 10. The number of nitrogens with zero attached hydrogens (tertiary/aromatic N) is 3. The van der Waals surface area contributed by atoms with Crippen molar-refractivity contribution in [3.63, 3.8) is 0 Å². The standard InChI is InChI=1S/C38H42N6O11/c45-31(19-44-36(54)38(41-37(44)55,26-9-3-1-4-10-26)27-11-5-2-6-12-27)40-28-13-7-8-24(14-28)25-15-29(17-42(20-32(46)47)21-33(48)49)39-30(16-25)18-43(22-34(50)51)23-35(52)53/h1-14,25,29-30,39H,15-23H2,(H,40,45)(H,41,55)(H,46,47)(H,48,49)(H,50,51)(H,52,53). The van der Waals surface area contributed by atoms with Gasteiger partial charge in [0.15, 0.2) is 5.54 Å². The van der Waals surface area contributed by atoms with E-state index in [4.69, 9.17) is 0 Å². The Balaban J connectivity index is 1.34. The lowest BCUT2D eigenvalue weighted by Crippen LogP contribution is -2.55. The van der Waals surface area contributed by atoms with Gasteiger partial charge in [0, 0.05) is 30.9 Å². The molecule has 0 radical (unpaired) electrons. The Morgan fingerprint density at radius 1 is 0.691 bits per heavy atom. The Bertz CT molecular complexity index is 1790. The molecule has 55 heavy (non-hydrogen) atoms. The number of carboxylic acids is 4. The highest BCUT2D eigenvalue weighted by atomic mass is 16.4. The molecule has 3 aromatic carbocycles. The lowest BCUT2D eigenvalue weighted by atomic mass is 9.82. The summed E-state index contributed by atoms with van der Waals surface area (Å²) in [5.41, 5.74) is 0.600. The molecule has 7 N–H and O–H groups in total. The molecule has 17 nitrogen and oxygen atoms in total. The fourth-order valence-electron chi connectivity index (χ4n) is 7.41. The monoisotopic (exact) mass is 758 g/mol. The number of rotatable bonds is 18. The molecule has 2 unspecified atom stereocenters. The molecule has 0 aliphatic carbocycles. The van der Waals surface area contributed by atoms with Crippen LogP contribution in [0.15, 0.2) is 84.9 Å². The van der Waals surface area contributed by atoms with Crippen molar-refractivity contribution in [3.05, 3.63) is 102 Å². The number of hydrogen-bond donors (Lipinski definition) is 7. The third kappa shape index (κ3) is 10.3. The molecule has 17 heteroatoms. The number of amides is 4. The van der Waals surface area contributed by atoms with Crippen LogP contribution in [-0.2, 0) is 34.3 Å². The van der Waals surface area contributed by atoms with Crippen molar-refractivity contribution in [2.24, 2.45) is 0 Å². The Labute approximate surface area is 315 Å². The summed E-state index contributed by atoms with van der Waals surface area (Å²) < 4.78 is 0. The van der Waals surface area contributed by atoms with Crippen LogP contribution >= 0.6 is 0 Å². The van der Waals surface area contributed by atoms with Crippen LogP contribution in [0.4, 0.5) is 10.5 Å². The molecule has 0 bridgehead atoms. The summed E-state index contributed by atoms with van der Waals surface area (Å²) >= 11 is 0. The Kier molecular flexibility index (Phi) is 12.9. The maximum Gasteiger partial charge on any atom is 0.326 e. The average molecular weight is 759 g/mol. The van der Waals surface area contributed by atoms with Gasteiger partial charge in [-0.1, -0.05) is 72.8 Å². The Morgan fingerprint density at radius 2 is 1.16 bits per heavy atom. The molecule has 4 amide bonds. The first-order valence-corrected chi connectivity index (χ1v) is 17.5. The van der Waals surface area contributed by atoms with Crippen LogP contribution in [0.5, 0.6) is 0 Å². The van der Waals surface area contributed by atoms with Crippen LogP contribution in [0.1, 0.15) is 35.4 Å². The number of benzene rings is 3. The predicted molar refractivity (Wildman–Crippen MR) is 195 cm³/mol. The molecule has 0 saturated carbocycles. The lowest BCUT2D eigenvalue weighted by Gasteiger charge is -2.40. The smallest absolute Gasteiger partial charge is 0.326 e. The number of carbonyl (C=O) groups excluding carboxylic acids is 3. The van der Waals surface area contributed by atoms with Crippen molar-refractivity contribution in [1.82, 2.24) is 25.3 Å². The molecule has 2 atom stereocenters. The van der Waals surface area contributed by atoms with Crippen molar-refractivity contribution in [2.45, 2.75) is 36.4 Å². The van der Waals surface area contributed by atoms with Crippen molar-refractivity contribution < 1.29 is 54.0 Å². The van der Waals surface area contributed by atoms with E-state index in [2.05, 4.69) is 16.0 Å². The van der Waals surface area contributed by atoms with Gasteiger partial charge in [0.1, 0.15) is 6.54 Å². The maximum absolute atomic E-state index is 14.1. The normalized spacial score (nSPS) is 19.2. The zero-order valence-corrected chi connectivity index (χ0v) is 29.7. The summed E-state index contributed by atoms with van der Waals surface area (Å²) in [6.45, 7) is -2.72. The number of carbonyl (C=O) groups is 7. The molecule has 2 heterocycles. The second-order valence-corrected chi connectivity index (χ2v) is 13.6. The van der Waals surface area contributed by atoms with Gasteiger partial charge in [-0.25, -0.2) is 4.79 Å². The first-order valence-electron chi connectivity index (χ1n) is 17.5. The summed E-state index contributed by atoms with van der Waals surface area (Å²) in [4.78, 5) is 90.2. The maximum atomic E-state index is 14.1. The van der Waals surface area contributed by atoms with E-state index in [-0.39, 0.29) is 19.0 Å². The molecule has 2 aliphatic heterocycles. The van der Waals surface area contributed by atoms with Gasteiger partial charge >= 0.3 is 29.9 Å². The van der Waals surface area contributed by atoms with Gasteiger partial charge in [0.25, 0.3) is 5.91 Å². The highest BCUT2D eigenvalue weighted by Gasteiger charge is 2.54. The minimum atomic E-state index is -1.54. The molecule has 0 aromatic heterocycles. The minimum absolute atomic E-state index is 0.0132. The molecular weight excluding hydrogens is 716 g/mol. The summed E-state index contributed by atoms with van der Waals surface area (Å²) in [6, 6.07) is 22.6. The summed E-state index contributed by atoms with van der Waals surface area (Å²) in [5, 5.41) is 46.5. The zero-order chi connectivity index (χ0) is 39.7. The minimum Gasteiger partial charge on any atom is -0.480 e. The van der Waals surface area contributed by atoms with Crippen LogP contribution < -0.4 is 16.0 Å². The molecule has 290 valence electrons. The van der Waals surface area contributed by atoms with Crippen LogP contribution in [0.3, 0.4) is 0 Å². The van der Waals surface area contributed by atoms with E-state index in [1.807, 2.05) is 6.07 Å². The highest BCUT2D eigenvalue weighted by molar-refractivity contribution is 6.12. The number of carboxylic acid groups (broad SMARTS) is 4. The Hall–Kier alpha value is -6.17. The molecular formula is C38H42N6O11. The highest BCUT2D eigenvalue weighted by Crippen LogP contribution is 2.36. The average Bonchev–Trinajstić information content (AvgIpc) is 3.37. The topological polar surface area (TPSA) is 246 Å². The van der Waals surface area contributed by atoms with Crippen molar-refractivity contribution >= 4 is 47.4 Å². The van der Waals surface area contributed by atoms with Gasteiger partial charge in [-0.2, -0.15) is 0 Å². The second-order valence-electron chi connectivity index (χ2n) is 13.6. The number of urea groups is 1. The van der Waals surface area contributed by atoms with Gasteiger partial charge in [0.2, 0.25) is 5.91 Å². The van der Waals surface area contributed by atoms with Crippen LogP contribution in [0.2, 0.25) is 0 Å². The van der Waals surface area contributed by atoms with Gasteiger partial charge in [0.05, 0.1) is 26.2 Å². The lowest BCUT2D eigenvalue weighted by molar-refractivity contribution is -0.143. The van der Waals surface area contributed by atoms with E-state index in [0.29, 0.717) is 29.7 Å². The van der Waals surface area contributed by atoms with Gasteiger partial charge in [-0.05, 0) is 47.6 Å². The Morgan fingerprint density at radius 3 is 1.62 bits per heavy atom. The van der Waals surface area contributed by atoms with E-state index in [1.54, 1.807) is 78.9 Å². The third-order valence-corrected chi connectivity index (χ3v) is 9.46. The van der Waals surface area contributed by atoms with Crippen molar-refractivity contribution in [1.29, 1.82) is 0 Å². The number of imide groups is 1. The van der Waals surface area contributed by atoms with Crippen LogP contribution in [-0.4, -0.2) is 135 Å². The molecule has 0 spiro atoms. The SMILES string of the molecule is O=C(O)CN(CC(=O)O)CC1CC(c2cccc(NC(=O)CN3C(=O)NC(c4ccccc4)(c4ccccc4)C3=O)c2)CC(CN(CC(=O)O)CC(=O)O)N1. The first-order chi connectivity index (χ1) is 26.2. The van der Waals surface area contributed by atoms with E-state index in [0.717, 1.165) is 10.5 Å². The van der Waals surface area contributed by atoms with Crippen molar-refractivity contribution in [3.8, 4) is 0 Å². The van der Waals surface area contributed by atoms with Gasteiger partial charge in [-0.15, -0.1) is 0 Å². The van der Waals surface area contributed by atoms with E-state index in [1.165, 1.54) is 9.80 Å². The quantitative estimate of drug-likeness (QED) is 0.0904. The zero-order valence-electron chi connectivity index (χ0n) is 29.7. The summed E-state index contributed by atoms with van der Waals surface area (Å²) in [5.74, 6) is -6.42. The summed E-state index contributed by atoms with van der Waals surface area (Å²) in [6.07, 6.45) is 0.788. The molecule has 3 aromatic rings. The second kappa shape index (κ2) is 17.8. The number of aliphatic carboxylic acids is 4. The number of anilines is 1. The first kappa shape index (κ1) is 40.0. The van der Waals surface area contributed by atoms with E-state index >= 15 is 0 Å². The van der Waals surface area contributed by atoms with Crippen molar-refractivity contribution in [2.75, 3.05) is 51.1 Å². The summed E-state index contributed by atoms with van der Waals surface area (Å²) in [7, 11) is 0. The van der Waals surface area contributed by atoms with Gasteiger partial charge < -0.3 is 36.4 Å². The van der Waals surface area contributed by atoms with Crippen LogP contribution in [0, 0.1) is 0 Å². The molecule has 5 rings (SSSR count).